The molecule has 0 radical (unpaired) electrons. The van der Waals surface area contributed by atoms with Gasteiger partial charge in [-0.25, -0.2) is 0 Å². The molecule has 1 atom stereocenters. The maximum atomic E-state index is 6.62. The van der Waals surface area contributed by atoms with E-state index in [0.717, 1.165) is 35.0 Å². The first-order chi connectivity index (χ1) is 16.1. The van der Waals surface area contributed by atoms with Gasteiger partial charge in [0.1, 0.15) is 5.75 Å². The van der Waals surface area contributed by atoms with Crippen molar-refractivity contribution in [2.75, 3.05) is 12.9 Å². The third-order valence-electron chi connectivity index (χ3n) is 6.50. The van der Waals surface area contributed by atoms with E-state index in [1.54, 1.807) is 7.11 Å². The van der Waals surface area contributed by atoms with Gasteiger partial charge in [-0.1, -0.05) is 47.5 Å². The van der Waals surface area contributed by atoms with Crippen LogP contribution in [0.3, 0.4) is 0 Å². The summed E-state index contributed by atoms with van der Waals surface area (Å²) in [5, 5.41) is 5.80. The molecule has 0 aliphatic carbocycles. The molecule has 1 aliphatic heterocycles. The highest BCUT2D eigenvalue weighted by molar-refractivity contribution is 7.99. The summed E-state index contributed by atoms with van der Waals surface area (Å²) in [6.45, 7) is 3.00. The maximum absolute atomic E-state index is 6.62. The molecule has 1 unspecified atom stereocenters. The van der Waals surface area contributed by atoms with Crippen molar-refractivity contribution in [3.05, 3.63) is 82.5 Å². The first kappa shape index (κ1) is 22.4. The molecule has 0 saturated carbocycles. The highest BCUT2D eigenvalue weighted by atomic mass is 35.5. The van der Waals surface area contributed by atoms with Crippen molar-refractivity contribution in [3.63, 3.8) is 0 Å². The summed E-state index contributed by atoms with van der Waals surface area (Å²) in [7, 11) is 1.70. The third kappa shape index (κ3) is 4.79. The topological polar surface area (TPSA) is 37.0 Å². The number of methoxy groups -OCH3 is 1. The summed E-state index contributed by atoms with van der Waals surface area (Å²) >= 11 is 8.57. The Labute approximate surface area is 204 Å². The molecule has 5 rings (SSSR count). The molecule has 0 bridgehead atoms. The van der Waals surface area contributed by atoms with Crippen LogP contribution < -0.4 is 10.1 Å². The molecular formula is C28H29ClN2OS. The summed E-state index contributed by atoms with van der Waals surface area (Å²) < 4.78 is 5.33. The van der Waals surface area contributed by atoms with Gasteiger partial charge in [-0.2, -0.15) is 0 Å². The minimum Gasteiger partial charge on any atom is -0.497 e. The van der Waals surface area contributed by atoms with E-state index in [4.69, 9.17) is 16.3 Å². The van der Waals surface area contributed by atoms with Gasteiger partial charge in [0, 0.05) is 35.0 Å². The Balaban J connectivity index is 1.30. The zero-order valence-corrected chi connectivity index (χ0v) is 20.7. The molecule has 1 aromatic heterocycles. The normalized spacial score (nSPS) is 15.5. The SMILES string of the molecule is COc1ccc(-c2ccc(Cl)c3[nH]c4c(c23)CNC(CCCSc2ccc(C)cc2)C4)cc1. The molecule has 4 aromatic rings. The summed E-state index contributed by atoms with van der Waals surface area (Å²) in [5.41, 5.74) is 7.42. The molecule has 1 aliphatic rings. The molecule has 2 N–H and O–H groups in total. The van der Waals surface area contributed by atoms with Crippen LogP contribution >= 0.6 is 23.4 Å². The quantitative estimate of drug-likeness (QED) is 0.215. The molecule has 0 amide bonds. The van der Waals surface area contributed by atoms with Crippen LogP contribution in [0.1, 0.15) is 29.7 Å². The van der Waals surface area contributed by atoms with Crippen LogP contribution in [0.2, 0.25) is 5.02 Å². The molecule has 3 aromatic carbocycles. The van der Waals surface area contributed by atoms with Gasteiger partial charge < -0.3 is 15.0 Å². The number of aromatic nitrogens is 1. The van der Waals surface area contributed by atoms with Crippen LogP contribution in [0.25, 0.3) is 22.0 Å². The van der Waals surface area contributed by atoms with E-state index in [1.165, 1.54) is 51.1 Å². The lowest BCUT2D eigenvalue weighted by Crippen LogP contribution is -2.35. The Hall–Kier alpha value is -2.40. The van der Waals surface area contributed by atoms with Gasteiger partial charge >= 0.3 is 0 Å². The van der Waals surface area contributed by atoms with Gasteiger partial charge in [0.25, 0.3) is 0 Å². The standard InChI is InChI=1S/C28H29ClN2OS/c1-18-5-11-22(12-6-18)33-15-3-4-20-16-26-24(17-30-20)27-23(13-14-25(29)28(27)31-26)19-7-9-21(32-2)10-8-19/h5-14,20,30-31H,3-4,15-17H2,1-2H3. The lowest BCUT2D eigenvalue weighted by Gasteiger charge is -2.24. The third-order valence-corrected chi connectivity index (χ3v) is 7.92. The molecule has 3 nitrogen and oxygen atoms in total. The monoisotopic (exact) mass is 476 g/mol. The number of fused-ring (bicyclic) bond motifs is 3. The van der Waals surface area contributed by atoms with Gasteiger partial charge in [-0.05, 0) is 72.5 Å². The highest BCUT2D eigenvalue weighted by Gasteiger charge is 2.24. The number of aryl methyl sites for hydroxylation is 1. The van der Waals surface area contributed by atoms with E-state index in [2.05, 4.69) is 59.7 Å². The Kier molecular flexibility index (Phi) is 6.68. The fourth-order valence-electron chi connectivity index (χ4n) is 4.69. The number of nitrogens with one attached hydrogen (secondary N) is 2. The maximum Gasteiger partial charge on any atom is 0.118 e. The van der Waals surface area contributed by atoms with Crippen molar-refractivity contribution in [1.29, 1.82) is 0 Å². The number of hydrogen-bond acceptors (Lipinski definition) is 3. The highest BCUT2D eigenvalue weighted by Crippen LogP contribution is 2.39. The first-order valence-corrected chi connectivity index (χ1v) is 12.9. The molecular weight excluding hydrogens is 448 g/mol. The smallest absolute Gasteiger partial charge is 0.118 e. The summed E-state index contributed by atoms with van der Waals surface area (Å²) in [5.74, 6) is 2.01. The summed E-state index contributed by atoms with van der Waals surface area (Å²) in [6, 6.07) is 21.7. The number of hydrogen-bond donors (Lipinski definition) is 2. The van der Waals surface area contributed by atoms with E-state index in [9.17, 15) is 0 Å². The number of benzene rings is 3. The number of aromatic amines is 1. The average Bonchev–Trinajstić information content (AvgIpc) is 3.23. The number of halogens is 1. The van der Waals surface area contributed by atoms with E-state index < -0.39 is 0 Å². The first-order valence-electron chi connectivity index (χ1n) is 11.5. The van der Waals surface area contributed by atoms with Crippen LogP contribution in [-0.4, -0.2) is 23.9 Å². The van der Waals surface area contributed by atoms with E-state index in [0.29, 0.717) is 6.04 Å². The molecule has 2 heterocycles. The largest absolute Gasteiger partial charge is 0.497 e. The van der Waals surface area contributed by atoms with Crippen LogP contribution in [-0.2, 0) is 13.0 Å². The Morgan fingerprint density at radius 2 is 1.82 bits per heavy atom. The van der Waals surface area contributed by atoms with Gasteiger partial charge in [-0.3, -0.25) is 0 Å². The zero-order valence-electron chi connectivity index (χ0n) is 19.1. The van der Waals surface area contributed by atoms with Crippen molar-refractivity contribution in [3.8, 4) is 16.9 Å². The summed E-state index contributed by atoms with van der Waals surface area (Å²) in [4.78, 5) is 5.02. The Morgan fingerprint density at radius 3 is 2.58 bits per heavy atom. The number of ether oxygens (including phenoxy) is 1. The second kappa shape index (κ2) is 9.84. The van der Waals surface area contributed by atoms with Crippen molar-refractivity contribution in [2.45, 2.75) is 43.7 Å². The predicted octanol–water partition coefficient (Wildman–Crippen LogP) is 7.39. The van der Waals surface area contributed by atoms with Gasteiger partial charge in [0.05, 0.1) is 17.6 Å². The van der Waals surface area contributed by atoms with Crippen molar-refractivity contribution < 1.29 is 4.74 Å². The van der Waals surface area contributed by atoms with Gasteiger partial charge in [-0.15, -0.1) is 11.8 Å². The average molecular weight is 477 g/mol. The van der Waals surface area contributed by atoms with Crippen LogP contribution in [0, 0.1) is 6.92 Å². The molecule has 33 heavy (non-hydrogen) atoms. The minimum atomic E-state index is 0.493. The molecule has 0 fully saturated rings. The fourth-order valence-corrected chi connectivity index (χ4v) is 5.77. The number of rotatable bonds is 7. The van der Waals surface area contributed by atoms with E-state index in [-0.39, 0.29) is 0 Å². The number of thioether (sulfide) groups is 1. The lowest BCUT2D eigenvalue weighted by molar-refractivity contribution is 0.415. The second-order valence-corrected chi connectivity index (χ2v) is 10.3. The van der Waals surface area contributed by atoms with E-state index >= 15 is 0 Å². The molecule has 170 valence electrons. The minimum absolute atomic E-state index is 0.493. The summed E-state index contributed by atoms with van der Waals surface area (Å²) in [6.07, 6.45) is 3.38. The van der Waals surface area contributed by atoms with Crippen LogP contribution in [0.15, 0.2) is 65.6 Å². The van der Waals surface area contributed by atoms with E-state index in [1.807, 2.05) is 30.0 Å². The van der Waals surface area contributed by atoms with Crippen molar-refractivity contribution in [1.82, 2.24) is 10.3 Å². The fraction of sp³-hybridized carbons (Fsp3) is 0.286. The van der Waals surface area contributed by atoms with Gasteiger partial charge in [0.2, 0.25) is 0 Å². The zero-order chi connectivity index (χ0) is 22.8. The van der Waals surface area contributed by atoms with Crippen molar-refractivity contribution in [2.24, 2.45) is 0 Å². The van der Waals surface area contributed by atoms with Crippen LogP contribution in [0.4, 0.5) is 0 Å². The Bertz CT molecular complexity index is 1250. The molecule has 5 heteroatoms. The molecule has 0 spiro atoms. The Morgan fingerprint density at radius 1 is 1.03 bits per heavy atom. The van der Waals surface area contributed by atoms with Crippen LogP contribution in [0.5, 0.6) is 5.75 Å². The number of H-pyrrole nitrogens is 1. The lowest BCUT2D eigenvalue weighted by atomic mass is 9.94. The van der Waals surface area contributed by atoms with Crippen molar-refractivity contribution >= 4 is 34.3 Å². The predicted molar refractivity (Wildman–Crippen MR) is 141 cm³/mol. The van der Waals surface area contributed by atoms with Gasteiger partial charge in [0.15, 0.2) is 0 Å². The molecule has 0 saturated heterocycles. The second-order valence-electron chi connectivity index (χ2n) is 8.74.